The average Bonchev–Trinajstić information content (AvgIpc) is 3.26. The normalized spacial score (nSPS) is 33.6. The van der Waals surface area contributed by atoms with E-state index in [1.165, 1.54) is 0 Å². The lowest BCUT2D eigenvalue weighted by atomic mass is 10.0. The minimum Gasteiger partial charge on any atom is -0.395 e. The number of aliphatic hydroxyl groups excluding tert-OH is 1. The quantitative estimate of drug-likeness (QED) is 0.760. The Kier molecular flexibility index (Phi) is 5.73. The summed E-state index contributed by atoms with van der Waals surface area (Å²) in [5, 5.41) is 9.66. The van der Waals surface area contributed by atoms with Crippen molar-refractivity contribution in [3.05, 3.63) is 66.2 Å². The van der Waals surface area contributed by atoms with E-state index < -0.39 is 18.4 Å². The molecular formula is C24H29NO6. The molecule has 1 N–H and O–H groups in total. The van der Waals surface area contributed by atoms with Gasteiger partial charge in [0.2, 0.25) is 0 Å². The van der Waals surface area contributed by atoms with Crippen molar-refractivity contribution < 1.29 is 28.8 Å². The van der Waals surface area contributed by atoms with Crippen molar-refractivity contribution in [1.29, 1.82) is 0 Å². The molecule has 2 aromatic carbocycles. The van der Waals surface area contributed by atoms with E-state index in [0.717, 1.165) is 11.3 Å². The lowest BCUT2D eigenvalue weighted by molar-refractivity contribution is -0.307. The van der Waals surface area contributed by atoms with Crippen molar-refractivity contribution in [1.82, 2.24) is 0 Å². The Morgan fingerprint density at radius 2 is 1.55 bits per heavy atom. The Labute approximate surface area is 182 Å². The molecule has 3 aliphatic rings. The Balaban J connectivity index is 1.42. The van der Waals surface area contributed by atoms with Crippen LogP contribution in [0.15, 0.2) is 60.7 Å². The van der Waals surface area contributed by atoms with E-state index in [9.17, 15) is 5.11 Å². The first-order valence-corrected chi connectivity index (χ1v) is 10.8. The monoisotopic (exact) mass is 427 g/mol. The molecule has 31 heavy (non-hydrogen) atoms. The van der Waals surface area contributed by atoms with Crippen molar-refractivity contribution in [2.24, 2.45) is 0 Å². The Morgan fingerprint density at radius 1 is 0.839 bits per heavy atom. The summed E-state index contributed by atoms with van der Waals surface area (Å²) in [5.41, 5.74) is 1.97. The van der Waals surface area contributed by atoms with Crippen molar-refractivity contribution in [2.75, 3.05) is 24.6 Å². The Morgan fingerprint density at radius 3 is 2.26 bits per heavy atom. The third-order valence-electron chi connectivity index (χ3n) is 5.94. The highest BCUT2D eigenvalue weighted by atomic mass is 16.9. The first-order valence-electron chi connectivity index (χ1n) is 10.8. The topological polar surface area (TPSA) is 69.6 Å². The van der Waals surface area contributed by atoms with E-state index in [1.807, 2.05) is 74.5 Å². The van der Waals surface area contributed by atoms with Gasteiger partial charge in [-0.1, -0.05) is 48.5 Å². The highest BCUT2D eigenvalue weighted by Gasteiger charge is 2.60. The molecular weight excluding hydrogens is 398 g/mol. The van der Waals surface area contributed by atoms with E-state index in [2.05, 4.69) is 4.90 Å². The second kappa shape index (κ2) is 8.50. The van der Waals surface area contributed by atoms with Gasteiger partial charge in [0.1, 0.15) is 24.4 Å². The molecule has 0 aliphatic carbocycles. The molecule has 7 heteroatoms. The van der Waals surface area contributed by atoms with E-state index in [0.29, 0.717) is 13.1 Å². The number of nitrogens with zero attached hydrogens (tertiary/aromatic N) is 1. The van der Waals surface area contributed by atoms with Gasteiger partial charge in [0.05, 0.1) is 6.61 Å². The van der Waals surface area contributed by atoms with Gasteiger partial charge in [-0.15, -0.1) is 0 Å². The minimum absolute atomic E-state index is 0.0425. The smallest absolute Gasteiger partial charge is 0.190 e. The van der Waals surface area contributed by atoms with Crippen LogP contribution in [0.25, 0.3) is 0 Å². The van der Waals surface area contributed by atoms with E-state index >= 15 is 0 Å². The molecule has 166 valence electrons. The highest BCUT2D eigenvalue weighted by molar-refractivity contribution is 5.46. The number of fused-ring (bicyclic) bond motifs is 3. The lowest BCUT2D eigenvalue weighted by Crippen LogP contribution is -2.53. The largest absolute Gasteiger partial charge is 0.395 e. The van der Waals surface area contributed by atoms with Crippen LogP contribution in [0.1, 0.15) is 25.7 Å². The molecule has 6 atom stereocenters. The molecule has 0 amide bonds. The SMILES string of the molecule is CC1(C)OC2OC3C(CN(CCO)c4ccccc4)OC(c4ccccc4)OC3C2O1. The van der Waals surface area contributed by atoms with Gasteiger partial charge in [-0.2, -0.15) is 0 Å². The predicted octanol–water partition coefficient (Wildman–Crippen LogP) is 2.84. The summed E-state index contributed by atoms with van der Waals surface area (Å²) in [6.07, 6.45) is -2.29. The molecule has 5 rings (SSSR count). The second-order valence-corrected chi connectivity index (χ2v) is 8.59. The number of benzene rings is 2. The van der Waals surface area contributed by atoms with Crippen LogP contribution in [0, 0.1) is 0 Å². The number of para-hydroxylation sites is 1. The minimum atomic E-state index is -0.716. The third kappa shape index (κ3) is 4.22. The zero-order valence-electron chi connectivity index (χ0n) is 17.8. The van der Waals surface area contributed by atoms with Gasteiger partial charge in [0, 0.05) is 24.3 Å². The van der Waals surface area contributed by atoms with Gasteiger partial charge < -0.3 is 33.7 Å². The van der Waals surface area contributed by atoms with Gasteiger partial charge in [0.15, 0.2) is 18.4 Å². The number of hydrogen-bond acceptors (Lipinski definition) is 7. The first kappa shape index (κ1) is 20.9. The summed E-state index contributed by atoms with van der Waals surface area (Å²) in [4.78, 5) is 2.11. The van der Waals surface area contributed by atoms with E-state index in [4.69, 9.17) is 23.7 Å². The molecule has 0 saturated carbocycles. The molecule has 0 bridgehead atoms. The van der Waals surface area contributed by atoms with Crippen LogP contribution in [-0.4, -0.2) is 61.3 Å². The molecule has 3 fully saturated rings. The fourth-order valence-corrected chi connectivity index (χ4v) is 4.59. The van der Waals surface area contributed by atoms with Gasteiger partial charge >= 0.3 is 0 Å². The van der Waals surface area contributed by atoms with Crippen LogP contribution in [0.2, 0.25) is 0 Å². The maximum Gasteiger partial charge on any atom is 0.190 e. The molecule has 3 saturated heterocycles. The van der Waals surface area contributed by atoms with Crippen molar-refractivity contribution in [3.8, 4) is 0 Å². The molecule has 3 aliphatic heterocycles. The lowest BCUT2D eigenvalue weighted by Gasteiger charge is -2.41. The van der Waals surface area contributed by atoms with Crippen LogP contribution in [0.3, 0.4) is 0 Å². The van der Waals surface area contributed by atoms with Crippen LogP contribution in [0.5, 0.6) is 0 Å². The van der Waals surface area contributed by atoms with Crippen molar-refractivity contribution in [3.63, 3.8) is 0 Å². The molecule has 7 nitrogen and oxygen atoms in total. The van der Waals surface area contributed by atoms with Crippen LogP contribution < -0.4 is 4.90 Å². The van der Waals surface area contributed by atoms with Gasteiger partial charge in [-0.3, -0.25) is 0 Å². The van der Waals surface area contributed by atoms with E-state index in [1.54, 1.807) is 0 Å². The number of rotatable bonds is 6. The molecule has 0 spiro atoms. The molecule has 2 aromatic rings. The maximum atomic E-state index is 9.66. The number of aliphatic hydroxyl groups is 1. The summed E-state index contributed by atoms with van der Waals surface area (Å²) < 4.78 is 31.1. The van der Waals surface area contributed by atoms with Crippen molar-refractivity contribution >= 4 is 5.69 Å². The molecule has 0 radical (unpaired) electrons. The molecule has 6 unspecified atom stereocenters. The fraction of sp³-hybridized carbons (Fsp3) is 0.500. The van der Waals surface area contributed by atoms with Crippen molar-refractivity contribution in [2.45, 2.75) is 56.6 Å². The number of ether oxygens (including phenoxy) is 5. The van der Waals surface area contributed by atoms with Crippen LogP contribution >= 0.6 is 0 Å². The summed E-state index contributed by atoms with van der Waals surface area (Å²) >= 11 is 0. The van der Waals surface area contributed by atoms with Gasteiger partial charge in [0.25, 0.3) is 0 Å². The standard InChI is InChI=1S/C24H29NO6/c1-24(2)30-21-20-19(28-23(21)31-24)18(27-22(29-20)16-9-5-3-6-10-16)15-25(13-14-26)17-11-7-4-8-12-17/h3-12,18-23,26H,13-15H2,1-2H3. The summed E-state index contributed by atoms with van der Waals surface area (Å²) in [7, 11) is 0. The molecule has 3 heterocycles. The van der Waals surface area contributed by atoms with E-state index in [-0.39, 0.29) is 31.0 Å². The summed E-state index contributed by atoms with van der Waals surface area (Å²) in [5.74, 6) is -0.716. The fourth-order valence-electron chi connectivity index (χ4n) is 4.59. The first-order chi connectivity index (χ1) is 15.0. The average molecular weight is 427 g/mol. The third-order valence-corrected chi connectivity index (χ3v) is 5.94. The zero-order chi connectivity index (χ0) is 21.4. The summed E-state index contributed by atoms with van der Waals surface area (Å²) in [6, 6.07) is 19.9. The zero-order valence-corrected chi connectivity index (χ0v) is 17.8. The predicted molar refractivity (Wildman–Crippen MR) is 113 cm³/mol. The van der Waals surface area contributed by atoms with Crippen LogP contribution in [0.4, 0.5) is 5.69 Å². The Hall–Kier alpha value is -2.00. The second-order valence-electron chi connectivity index (χ2n) is 8.59. The Bertz CT molecular complexity index is 863. The molecule has 0 aromatic heterocycles. The van der Waals surface area contributed by atoms with Gasteiger partial charge in [-0.05, 0) is 26.0 Å². The number of hydrogen-bond donors (Lipinski definition) is 1. The van der Waals surface area contributed by atoms with Gasteiger partial charge in [-0.25, -0.2) is 0 Å². The highest BCUT2D eigenvalue weighted by Crippen LogP contribution is 2.45. The number of anilines is 1. The maximum absolute atomic E-state index is 9.66. The van der Waals surface area contributed by atoms with Crippen LogP contribution in [-0.2, 0) is 23.7 Å². The summed E-state index contributed by atoms with van der Waals surface area (Å²) in [6.45, 7) is 4.84.